The minimum Gasteiger partial charge on any atom is -0.493 e. The van der Waals surface area contributed by atoms with Crippen molar-refractivity contribution in [2.24, 2.45) is 10.2 Å². The van der Waals surface area contributed by atoms with Gasteiger partial charge in [0, 0.05) is 16.1 Å². The number of aryl methyl sites for hydroxylation is 1. The summed E-state index contributed by atoms with van der Waals surface area (Å²) in [4.78, 5) is 0. The number of hydrogen-bond donors (Lipinski definition) is 2. The molecule has 2 N–H and O–H groups in total. The summed E-state index contributed by atoms with van der Waals surface area (Å²) >= 11 is 11.7. The number of nitrogens with zero attached hydrogens (tertiary/aromatic N) is 3. The van der Waals surface area contributed by atoms with Gasteiger partial charge in [0.05, 0.1) is 12.1 Å². The predicted molar refractivity (Wildman–Crippen MR) is 131 cm³/mol. The summed E-state index contributed by atoms with van der Waals surface area (Å²) in [5.74, 6) is 0.0154. The molecule has 7 heteroatoms. The summed E-state index contributed by atoms with van der Waals surface area (Å²) in [5, 5.41) is 24.2. The Morgan fingerprint density at radius 1 is 1.00 bits per heavy atom. The quantitative estimate of drug-likeness (QED) is 0.253. The van der Waals surface area contributed by atoms with Gasteiger partial charge in [-0.15, -0.1) is 10.2 Å². The second kappa shape index (κ2) is 9.29. The van der Waals surface area contributed by atoms with Gasteiger partial charge < -0.3 is 15.0 Å². The standard InChI is InChI=1S/C24H21ClN4OS/c1-2-16-9-4-7-13-20(16)26-24(31)28-27-22-18-11-5-8-14-21(18)29(23(22)30)15-17-10-3-6-12-19(17)25/h3-14,30H,2,15H2,1H3,(H,26,31). The molecule has 0 bridgehead atoms. The first-order valence-corrected chi connectivity index (χ1v) is 10.7. The maximum absolute atomic E-state index is 11.0. The molecule has 0 fully saturated rings. The predicted octanol–water partition coefficient (Wildman–Crippen LogP) is 7.09. The molecule has 0 spiro atoms. The van der Waals surface area contributed by atoms with E-state index in [-0.39, 0.29) is 11.0 Å². The van der Waals surface area contributed by atoms with Crippen molar-refractivity contribution >= 4 is 51.2 Å². The van der Waals surface area contributed by atoms with E-state index in [0.29, 0.717) is 17.3 Å². The monoisotopic (exact) mass is 448 g/mol. The number of benzene rings is 3. The largest absolute Gasteiger partial charge is 0.493 e. The number of azo groups is 1. The van der Waals surface area contributed by atoms with Crippen LogP contribution in [0.2, 0.25) is 5.02 Å². The third-order valence-corrected chi connectivity index (χ3v) is 5.64. The highest BCUT2D eigenvalue weighted by atomic mass is 35.5. The first-order valence-electron chi connectivity index (χ1n) is 9.92. The number of anilines is 1. The van der Waals surface area contributed by atoms with Crippen molar-refractivity contribution in [2.45, 2.75) is 19.9 Å². The van der Waals surface area contributed by atoms with Gasteiger partial charge in [-0.1, -0.05) is 73.1 Å². The third kappa shape index (κ3) is 4.45. The van der Waals surface area contributed by atoms with Gasteiger partial charge in [0.25, 0.3) is 0 Å². The second-order valence-electron chi connectivity index (χ2n) is 7.01. The molecule has 5 nitrogen and oxygen atoms in total. The number of aromatic hydroxyl groups is 1. The topological polar surface area (TPSA) is 61.9 Å². The molecule has 4 rings (SSSR count). The molecule has 0 radical (unpaired) electrons. The van der Waals surface area contributed by atoms with E-state index in [0.717, 1.165) is 34.1 Å². The van der Waals surface area contributed by atoms with E-state index in [1.807, 2.05) is 72.8 Å². The summed E-state index contributed by atoms with van der Waals surface area (Å²) in [6.45, 7) is 2.49. The Morgan fingerprint density at radius 3 is 2.45 bits per heavy atom. The lowest BCUT2D eigenvalue weighted by atomic mass is 10.1. The average molecular weight is 449 g/mol. The van der Waals surface area contributed by atoms with E-state index in [9.17, 15) is 5.11 Å². The van der Waals surface area contributed by atoms with Gasteiger partial charge in [-0.25, -0.2) is 0 Å². The van der Waals surface area contributed by atoms with Gasteiger partial charge in [0.15, 0.2) is 5.69 Å². The summed E-state index contributed by atoms with van der Waals surface area (Å²) in [6, 6.07) is 23.1. The van der Waals surface area contributed by atoms with E-state index < -0.39 is 0 Å². The lowest BCUT2D eigenvalue weighted by Gasteiger charge is -2.09. The van der Waals surface area contributed by atoms with Crippen LogP contribution >= 0.6 is 23.8 Å². The minimum absolute atomic E-state index is 0.0154. The van der Waals surface area contributed by atoms with Gasteiger partial charge in [-0.05, 0) is 48.0 Å². The normalized spacial score (nSPS) is 11.3. The lowest BCUT2D eigenvalue weighted by Crippen LogP contribution is -2.07. The minimum atomic E-state index is 0.0154. The van der Waals surface area contributed by atoms with Crippen LogP contribution < -0.4 is 5.32 Å². The maximum atomic E-state index is 11.0. The molecule has 0 aliphatic rings. The van der Waals surface area contributed by atoms with Crippen LogP contribution in [0.5, 0.6) is 5.88 Å². The van der Waals surface area contributed by atoms with Gasteiger partial charge in [-0.2, -0.15) is 0 Å². The number of para-hydroxylation sites is 2. The van der Waals surface area contributed by atoms with Crippen molar-refractivity contribution in [3.63, 3.8) is 0 Å². The Hall–Kier alpha value is -3.22. The van der Waals surface area contributed by atoms with Crippen molar-refractivity contribution in [1.29, 1.82) is 0 Å². The van der Waals surface area contributed by atoms with Crippen LogP contribution in [0.15, 0.2) is 83.0 Å². The molecule has 0 aliphatic carbocycles. The number of fused-ring (bicyclic) bond motifs is 1. The number of aromatic nitrogens is 1. The Bertz CT molecular complexity index is 1280. The molecule has 0 unspecified atom stereocenters. The molecule has 0 saturated heterocycles. The zero-order chi connectivity index (χ0) is 21.8. The van der Waals surface area contributed by atoms with Gasteiger partial charge in [0.1, 0.15) is 0 Å². The lowest BCUT2D eigenvalue weighted by molar-refractivity contribution is 0.429. The highest BCUT2D eigenvalue weighted by molar-refractivity contribution is 7.80. The van der Waals surface area contributed by atoms with E-state index in [2.05, 4.69) is 22.5 Å². The fourth-order valence-electron chi connectivity index (χ4n) is 3.51. The molecule has 1 aromatic heterocycles. The molecule has 4 aromatic rings. The number of hydrogen-bond acceptors (Lipinski definition) is 3. The van der Waals surface area contributed by atoms with Crippen molar-refractivity contribution in [1.82, 2.24) is 4.57 Å². The van der Waals surface area contributed by atoms with E-state index in [1.54, 1.807) is 4.57 Å². The SMILES string of the molecule is CCc1ccccc1NC(=S)N=Nc1c(O)n(Cc2ccccc2Cl)c2ccccc12. The first-order chi connectivity index (χ1) is 15.1. The van der Waals surface area contributed by atoms with E-state index >= 15 is 0 Å². The van der Waals surface area contributed by atoms with Crippen LogP contribution in [0.3, 0.4) is 0 Å². The van der Waals surface area contributed by atoms with Crippen LogP contribution in [0.1, 0.15) is 18.1 Å². The second-order valence-corrected chi connectivity index (χ2v) is 7.80. The Morgan fingerprint density at radius 2 is 1.68 bits per heavy atom. The summed E-state index contributed by atoms with van der Waals surface area (Å²) in [7, 11) is 0. The van der Waals surface area contributed by atoms with Crippen molar-refractivity contribution in [3.8, 4) is 5.88 Å². The molecule has 1 heterocycles. The molecular weight excluding hydrogens is 428 g/mol. The molecule has 3 aromatic carbocycles. The summed E-state index contributed by atoms with van der Waals surface area (Å²) < 4.78 is 1.77. The van der Waals surface area contributed by atoms with Crippen LogP contribution in [0, 0.1) is 0 Å². The summed E-state index contributed by atoms with van der Waals surface area (Å²) in [5.41, 5.74) is 4.15. The van der Waals surface area contributed by atoms with Crippen molar-refractivity contribution in [2.75, 3.05) is 5.32 Å². The van der Waals surface area contributed by atoms with Crippen LogP contribution in [0.25, 0.3) is 10.9 Å². The first kappa shape index (κ1) is 21.0. The fourth-order valence-corrected chi connectivity index (χ4v) is 3.86. The van der Waals surface area contributed by atoms with Gasteiger partial charge in [0.2, 0.25) is 11.0 Å². The van der Waals surface area contributed by atoms with Crippen molar-refractivity contribution < 1.29 is 5.11 Å². The Labute approximate surface area is 191 Å². The Kier molecular flexibility index (Phi) is 6.30. The number of rotatable bonds is 5. The Balaban J connectivity index is 1.66. The number of thiocarbonyl (C=S) groups is 1. The fraction of sp³-hybridized carbons (Fsp3) is 0.125. The maximum Gasteiger partial charge on any atom is 0.221 e. The number of nitrogens with one attached hydrogen (secondary N) is 1. The van der Waals surface area contributed by atoms with Crippen LogP contribution in [-0.2, 0) is 13.0 Å². The summed E-state index contributed by atoms with van der Waals surface area (Å²) in [6.07, 6.45) is 0.874. The van der Waals surface area contributed by atoms with Gasteiger partial charge in [-0.3, -0.25) is 0 Å². The van der Waals surface area contributed by atoms with E-state index in [1.165, 1.54) is 0 Å². The van der Waals surface area contributed by atoms with E-state index in [4.69, 9.17) is 23.8 Å². The molecule has 156 valence electrons. The zero-order valence-electron chi connectivity index (χ0n) is 16.9. The zero-order valence-corrected chi connectivity index (χ0v) is 18.5. The molecule has 0 aliphatic heterocycles. The highest BCUT2D eigenvalue weighted by Crippen LogP contribution is 2.39. The van der Waals surface area contributed by atoms with Crippen molar-refractivity contribution in [3.05, 3.63) is 88.9 Å². The van der Waals surface area contributed by atoms with Crippen LogP contribution in [-0.4, -0.2) is 14.8 Å². The molecule has 0 saturated carbocycles. The molecule has 0 atom stereocenters. The third-order valence-electron chi connectivity index (χ3n) is 5.08. The molecular formula is C24H21ClN4OS. The number of halogens is 1. The highest BCUT2D eigenvalue weighted by Gasteiger charge is 2.17. The molecule has 31 heavy (non-hydrogen) atoms. The van der Waals surface area contributed by atoms with Gasteiger partial charge >= 0.3 is 0 Å². The van der Waals surface area contributed by atoms with Crippen LogP contribution in [0.4, 0.5) is 11.4 Å². The molecule has 0 amide bonds. The average Bonchev–Trinajstić information content (AvgIpc) is 3.05. The smallest absolute Gasteiger partial charge is 0.221 e.